The normalized spacial score (nSPS) is 16.5. The summed E-state index contributed by atoms with van der Waals surface area (Å²) in [6.45, 7) is 5.26. The van der Waals surface area contributed by atoms with Crippen LogP contribution in [0.25, 0.3) is 15.9 Å². The average Bonchev–Trinajstić information content (AvgIpc) is 3.45. The predicted octanol–water partition coefficient (Wildman–Crippen LogP) is 3.32. The zero-order valence-corrected chi connectivity index (χ0v) is 20.6. The number of piperazine rings is 1. The maximum atomic E-state index is 13.2. The third-order valence-corrected chi connectivity index (χ3v) is 8.33. The Morgan fingerprint density at radius 1 is 1.09 bits per heavy atom. The van der Waals surface area contributed by atoms with E-state index in [1.807, 2.05) is 46.8 Å². The highest BCUT2D eigenvalue weighted by molar-refractivity contribution is 7.18. The Balaban J connectivity index is 1.13. The standard InChI is InChI=1S/C26H28N6O2S/c1-17-20(15-27-32(17)18-7-3-2-4-8-18)26(34)31-13-11-30(12-14-31)16-22-28-24(33)23-19-9-5-6-10-21(19)35-25(23)29-22/h2-4,7-8,15H,5-6,9-14,16H2,1H3,(H,28,29,33). The molecule has 1 saturated heterocycles. The molecule has 1 aliphatic carbocycles. The summed E-state index contributed by atoms with van der Waals surface area (Å²) >= 11 is 1.68. The fraction of sp³-hybridized carbons (Fsp3) is 0.385. The lowest BCUT2D eigenvalue weighted by molar-refractivity contribution is 0.0625. The number of rotatable bonds is 4. The van der Waals surface area contributed by atoms with Gasteiger partial charge in [0.05, 0.1) is 35.1 Å². The van der Waals surface area contributed by atoms with Crippen LogP contribution in [0.1, 0.15) is 45.2 Å². The number of aryl methyl sites for hydroxylation is 2. The van der Waals surface area contributed by atoms with Crippen LogP contribution in [0.3, 0.4) is 0 Å². The molecular weight excluding hydrogens is 460 g/mol. The van der Waals surface area contributed by atoms with Gasteiger partial charge in [-0.3, -0.25) is 14.5 Å². The van der Waals surface area contributed by atoms with Crippen LogP contribution < -0.4 is 5.56 Å². The molecule has 9 heteroatoms. The summed E-state index contributed by atoms with van der Waals surface area (Å²) in [5.41, 5.74) is 3.63. The SMILES string of the molecule is Cc1c(C(=O)N2CCN(Cc3nc4sc5c(c4c(=O)[nH]3)CCCC5)CC2)cnn1-c1ccccc1. The predicted molar refractivity (Wildman–Crippen MR) is 136 cm³/mol. The van der Waals surface area contributed by atoms with Crippen LogP contribution in [0.15, 0.2) is 41.3 Å². The summed E-state index contributed by atoms with van der Waals surface area (Å²) < 4.78 is 1.81. The Kier molecular flexibility index (Phi) is 5.74. The van der Waals surface area contributed by atoms with Crippen LogP contribution in [0.4, 0.5) is 0 Å². The van der Waals surface area contributed by atoms with Crippen molar-refractivity contribution < 1.29 is 4.79 Å². The smallest absolute Gasteiger partial charge is 0.259 e. The monoisotopic (exact) mass is 488 g/mol. The van der Waals surface area contributed by atoms with Crippen molar-refractivity contribution in [3.05, 3.63) is 74.4 Å². The van der Waals surface area contributed by atoms with E-state index in [9.17, 15) is 9.59 Å². The average molecular weight is 489 g/mol. The maximum absolute atomic E-state index is 13.2. The Hall–Kier alpha value is -3.30. The minimum Gasteiger partial charge on any atom is -0.336 e. The van der Waals surface area contributed by atoms with E-state index in [1.54, 1.807) is 17.5 Å². The first-order valence-corrected chi connectivity index (χ1v) is 13.1. The quantitative estimate of drug-likeness (QED) is 0.476. The Morgan fingerprint density at radius 3 is 2.66 bits per heavy atom. The van der Waals surface area contributed by atoms with Gasteiger partial charge in [-0.05, 0) is 50.3 Å². The Labute approximate surface area is 207 Å². The van der Waals surface area contributed by atoms with Crippen molar-refractivity contribution in [3.63, 3.8) is 0 Å². The van der Waals surface area contributed by atoms with Crippen molar-refractivity contribution in [2.24, 2.45) is 0 Å². The van der Waals surface area contributed by atoms with E-state index in [-0.39, 0.29) is 11.5 Å². The number of fused-ring (bicyclic) bond motifs is 3. The van der Waals surface area contributed by atoms with Crippen molar-refractivity contribution in [2.45, 2.75) is 39.2 Å². The van der Waals surface area contributed by atoms with Gasteiger partial charge < -0.3 is 9.88 Å². The van der Waals surface area contributed by atoms with Crippen molar-refractivity contribution in [3.8, 4) is 5.69 Å². The van der Waals surface area contributed by atoms with Crippen molar-refractivity contribution in [2.75, 3.05) is 26.2 Å². The highest BCUT2D eigenvalue weighted by Crippen LogP contribution is 2.33. The number of thiophene rings is 1. The molecule has 1 N–H and O–H groups in total. The molecule has 2 aliphatic rings. The van der Waals surface area contributed by atoms with Gasteiger partial charge in [0.25, 0.3) is 11.5 Å². The summed E-state index contributed by atoms with van der Waals surface area (Å²) in [5.74, 6) is 0.724. The van der Waals surface area contributed by atoms with Crippen LogP contribution in [-0.4, -0.2) is 61.6 Å². The summed E-state index contributed by atoms with van der Waals surface area (Å²) in [6, 6.07) is 9.85. The maximum Gasteiger partial charge on any atom is 0.259 e. The number of nitrogens with zero attached hydrogens (tertiary/aromatic N) is 5. The van der Waals surface area contributed by atoms with Gasteiger partial charge in [0.1, 0.15) is 10.7 Å². The van der Waals surface area contributed by atoms with Gasteiger partial charge in [-0.25, -0.2) is 9.67 Å². The van der Waals surface area contributed by atoms with E-state index in [2.05, 4.69) is 15.0 Å². The van der Waals surface area contributed by atoms with Crippen LogP contribution in [0, 0.1) is 6.92 Å². The lowest BCUT2D eigenvalue weighted by Gasteiger charge is -2.34. The van der Waals surface area contributed by atoms with Crippen molar-refractivity contribution in [1.29, 1.82) is 0 Å². The van der Waals surface area contributed by atoms with Gasteiger partial charge in [-0.1, -0.05) is 18.2 Å². The number of carbonyl (C=O) groups is 1. The zero-order chi connectivity index (χ0) is 23.9. The van der Waals surface area contributed by atoms with Gasteiger partial charge in [0.15, 0.2) is 0 Å². The molecule has 0 spiro atoms. The minimum atomic E-state index is -0.0101. The van der Waals surface area contributed by atoms with E-state index >= 15 is 0 Å². The fourth-order valence-corrected chi connectivity index (χ4v) is 6.50. The summed E-state index contributed by atoms with van der Waals surface area (Å²) in [5, 5.41) is 5.25. The molecule has 180 valence electrons. The fourth-order valence-electron chi connectivity index (χ4n) is 5.22. The Morgan fingerprint density at radius 2 is 1.86 bits per heavy atom. The topological polar surface area (TPSA) is 87.1 Å². The molecule has 0 unspecified atom stereocenters. The van der Waals surface area contributed by atoms with Gasteiger partial charge in [-0.2, -0.15) is 5.10 Å². The second-order valence-corrected chi connectivity index (χ2v) is 10.4. The number of para-hydroxylation sites is 1. The number of benzene rings is 1. The van der Waals surface area contributed by atoms with Crippen LogP contribution in [0.5, 0.6) is 0 Å². The van der Waals surface area contributed by atoms with Gasteiger partial charge in [0, 0.05) is 31.1 Å². The number of carbonyl (C=O) groups excluding carboxylic acids is 1. The first kappa shape index (κ1) is 22.2. The first-order valence-electron chi connectivity index (χ1n) is 12.2. The molecule has 1 aliphatic heterocycles. The zero-order valence-electron chi connectivity index (χ0n) is 19.8. The number of H-pyrrole nitrogens is 1. The highest BCUT2D eigenvalue weighted by Gasteiger charge is 2.26. The van der Waals surface area contributed by atoms with E-state index in [0.29, 0.717) is 31.0 Å². The molecule has 3 aromatic heterocycles. The minimum absolute atomic E-state index is 0.0101. The number of aromatic nitrogens is 4. The molecule has 35 heavy (non-hydrogen) atoms. The van der Waals surface area contributed by atoms with E-state index in [4.69, 9.17) is 4.98 Å². The molecule has 1 amide bonds. The molecular formula is C26H28N6O2S. The number of hydrogen-bond donors (Lipinski definition) is 1. The summed E-state index contributed by atoms with van der Waals surface area (Å²) in [6.07, 6.45) is 6.06. The lowest BCUT2D eigenvalue weighted by Crippen LogP contribution is -2.48. The molecule has 1 aromatic carbocycles. The molecule has 4 aromatic rings. The number of amides is 1. The van der Waals surface area contributed by atoms with Gasteiger partial charge >= 0.3 is 0 Å². The van der Waals surface area contributed by atoms with E-state index < -0.39 is 0 Å². The molecule has 1 fully saturated rings. The van der Waals surface area contributed by atoms with Crippen LogP contribution >= 0.6 is 11.3 Å². The van der Waals surface area contributed by atoms with Crippen LogP contribution in [0.2, 0.25) is 0 Å². The highest BCUT2D eigenvalue weighted by atomic mass is 32.1. The molecule has 6 rings (SSSR count). The van der Waals surface area contributed by atoms with Crippen molar-refractivity contribution in [1.82, 2.24) is 29.5 Å². The molecule has 0 bridgehead atoms. The third-order valence-electron chi connectivity index (χ3n) is 7.15. The number of nitrogens with one attached hydrogen (secondary N) is 1. The van der Waals surface area contributed by atoms with Crippen LogP contribution in [-0.2, 0) is 19.4 Å². The lowest BCUT2D eigenvalue weighted by atomic mass is 9.97. The van der Waals surface area contributed by atoms with E-state index in [0.717, 1.165) is 53.9 Å². The summed E-state index contributed by atoms with van der Waals surface area (Å²) in [7, 11) is 0. The molecule has 4 heterocycles. The number of aromatic amines is 1. The second kappa shape index (κ2) is 9.05. The molecule has 0 atom stereocenters. The summed E-state index contributed by atoms with van der Waals surface area (Å²) in [4.78, 5) is 40.2. The number of hydrogen-bond acceptors (Lipinski definition) is 6. The Bertz CT molecular complexity index is 1450. The second-order valence-electron chi connectivity index (χ2n) is 9.36. The van der Waals surface area contributed by atoms with Gasteiger partial charge in [-0.15, -0.1) is 11.3 Å². The van der Waals surface area contributed by atoms with E-state index in [1.165, 1.54) is 16.9 Å². The van der Waals surface area contributed by atoms with Gasteiger partial charge in [0.2, 0.25) is 0 Å². The molecule has 8 nitrogen and oxygen atoms in total. The largest absolute Gasteiger partial charge is 0.336 e. The molecule has 0 radical (unpaired) electrons. The molecule has 0 saturated carbocycles. The first-order chi connectivity index (χ1) is 17.1. The third kappa shape index (κ3) is 4.08. The van der Waals surface area contributed by atoms with Crippen molar-refractivity contribution >= 4 is 27.5 Å².